The van der Waals surface area contributed by atoms with Crippen LogP contribution in [0.25, 0.3) is 0 Å². The van der Waals surface area contributed by atoms with E-state index in [0.717, 1.165) is 32.1 Å². The van der Waals surface area contributed by atoms with E-state index < -0.39 is 5.60 Å². The van der Waals surface area contributed by atoms with Crippen LogP contribution in [-0.2, 0) is 9.53 Å². The monoisotopic (exact) mass is 312 g/mol. The predicted molar refractivity (Wildman–Crippen MR) is 87.6 cm³/mol. The number of alkyl carbamates (subject to hydrolysis) is 1. The molecule has 0 aliphatic heterocycles. The third kappa shape index (κ3) is 4.97. The van der Waals surface area contributed by atoms with Gasteiger partial charge in [-0.05, 0) is 58.3 Å². The van der Waals surface area contributed by atoms with Crippen molar-refractivity contribution in [2.75, 3.05) is 13.1 Å². The van der Waals surface area contributed by atoms with E-state index in [1.165, 1.54) is 0 Å². The van der Waals surface area contributed by atoms with Crippen molar-refractivity contribution in [3.8, 4) is 0 Å². The number of nitrogens with two attached hydrogens (primary N) is 1. The molecule has 1 aliphatic carbocycles. The molecule has 0 aromatic rings. The zero-order valence-corrected chi connectivity index (χ0v) is 14.8. The van der Waals surface area contributed by atoms with E-state index in [1.807, 2.05) is 20.8 Å². The topological polar surface area (TPSA) is 81.4 Å². The fourth-order valence-corrected chi connectivity index (χ4v) is 3.15. The highest BCUT2D eigenvalue weighted by molar-refractivity contribution is 5.86. The summed E-state index contributed by atoms with van der Waals surface area (Å²) in [5.41, 5.74) is 4.85. The first kappa shape index (κ1) is 18.9. The van der Waals surface area contributed by atoms with Gasteiger partial charge in [-0.1, -0.05) is 13.8 Å². The summed E-state index contributed by atoms with van der Waals surface area (Å²) in [7, 11) is 0. The van der Waals surface area contributed by atoms with Gasteiger partial charge in [0.2, 0.25) is 0 Å². The lowest BCUT2D eigenvalue weighted by Gasteiger charge is -2.43. The van der Waals surface area contributed by atoms with E-state index in [0.29, 0.717) is 6.54 Å². The quantitative estimate of drug-likeness (QED) is 0.817. The Hall–Kier alpha value is -1.10. The van der Waals surface area contributed by atoms with E-state index in [9.17, 15) is 9.59 Å². The Morgan fingerprint density at radius 3 is 2.14 bits per heavy atom. The number of nitrogens with one attached hydrogen (secondary N) is 1. The first-order chi connectivity index (χ1) is 10.1. The van der Waals surface area contributed by atoms with Crippen LogP contribution in [0.1, 0.15) is 66.7 Å². The van der Waals surface area contributed by atoms with Gasteiger partial charge < -0.3 is 15.8 Å². The van der Waals surface area contributed by atoms with Gasteiger partial charge in [-0.2, -0.15) is 0 Å². The maximum absolute atomic E-state index is 12.1. The Balaban J connectivity index is 2.54. The van der Waals surface area contributed by atoms with Gasteiger partial charge in [0.1, 0.15) is 5.60 Å². The molecule has 0 bridgehead atoms. The highest BCUT2D eigenvalue weighted by atomic mass is 16.6. The van der Waals surface area contributed by atoms with Crippen molar-refractivity contribution in [2.24, 2.45) is 16.6 Å². The minimum Gasteiger partial charge on any atom is -0.444 e. The molecule has 0 unspecified atom stereocenters. The smallest absolute Gasteiger partial charge is 0.407 e. The number of amides is 1. The number of hydrogen-bond donors (Lipinski definition) is 2. The molecule has 1 aliphatic rings. The van der Waals surface area contributed by atoms with E-state index in [4.69, 9.17) is 10.5 Å². The average molecular weight is 312 g/mol. The first-order valence-electron chi connectivity index (χ1n) is 8.26. The van der Waals surface area contributed by atoms with Crippen LogP contribution < -0.4 is 11.1 Å². The van der Waals surface area contributed by atoms with Crippen molar-refractivity contribution in [2.45, 2.75) is 72.3 Å². The van der Waals surface area contributed by atoms with E-state index in [2.05, 4.69) is 19.2 Å². The number of ether oxygens (including phenoxy) is 1. The molecule has 1 rings (SSSR count). The summed E-state index contributed by atoms with van der Waals surface area (Å²) < 4.78 is 5.27. The minimum absolute atomic E-state index is 0.0183. The van der Waals surface area contributed by atoms with Gasteiger partial charge >= 0.3 is 6.09 Å². The van der Waals surface area contributed by atoms with Gasteiger partial charge in [-0.3, -0.25) is 4.79 Å². The maximum atomic E-state index is 12.1. The lowest BCUT2D eigenvalue weighted by molar-refractivity contribution is -0.130. The molecule has 1 amide bonds. The Bertz CT molecular complexity index is 405. The normalized spacial score (nSPS) is 29.0. The molecule has 0 atom stereocenters. The van der Waals surface area contributed by atoms with Gasteiger partial charge in [0.05, 0.1) is 6.54 Å². The van der Waals surface area contributed by atoms with Crippen LogP contribution in [0.3, 0.4) is 0 Å². The van der Waals surface area contributed by atoms with E-state index in [-0.39, 0.29) is 29.3 Å². The summed E-state index contributed by atoms with van der Waals surface area (Å²) in [6.45, 7) is 10.5. The van der Waals surface area contributed by atoms with Crippen molar-refractivity contribution >= 4 is 11.9 Å². The molecule has 0 aromatic carbocycles. The summed E-state index contributed by atoms with van der Waals surface area (Å²) in [6, 6.07) is 0. The van der Waals surface area contributed by atoms with E-state index in [1.54, 1.807) is 0 Å². The molecular formula is C17H32N2O3. The summed E-state index contributed by atoms with van der Waals surface area (Å²) in [5.74, 6) is 0.178. The Morgan fingerprint density at radius 1 is 1.18 bits per heavy atom. The van der Waals surface area contributed by atoms with E-state index >= 15 is 0 Å². The summed E-state index contributed by atoms with van der Waals surface area (Å²) in [6.07, 6.45) is 4.01. The van der Waals surface area contributed by atoms with Crippen molar-refractivity contribution in [3.05, 3.63) is 0 Å². The zero-order valence-electron chi connectivity index (χ0n) is 14.8. The maximum Gasteiger partial charge on any atom is 0.407 e. The third-order valence-electron chi connectivity index (χ3n) is 4.93. The molecule has 128 valence electrons. The van der Waals surface area contributed by atoms with Crippen molar-refractivity contribution in [1.29, 1.82) is 0 Å². The van der Waals surface area contributed by atoms with Crippen LogP contribution >= 0.6 is 0 Å². The second-order valence-corrected chi connectivity index (χ2v) is 7.93. The first-order valence-corrected chi connectivity index (χ1v) is 8.26. The molecule has 1 fully saturated rings. The summed E-state index contributed by atoms with van der Waals surface area (Å²) in [4.78, 5) is 23.9. The Kier molecular flexibility index (Phi) is 6.02. The van der Waals surface area contributed by atoms with Crippen LogP contribution in [0.4, 0.5) is 4.79 Å². The molecule has 5 nitrogen and oxygen atoms in total. The lowest BCUT2D eigenvalue weighted by atomic mass is 9.61. The van der Waals surface area contributed by atoms with Gasteiger partial charge in [-0.25, -0.2) is 4.79 Å². The van der Waals surface area contributed by atoms with Gasteiger partial charge in [0.25, 0.3) is 0 Å². The molecule has 22 heavy (non-hydrogen) atoms. The van der Waals surface area contributed by atoms with Crippen LogP contribution in [0.5, 0.6) is 0 Å². The second-order valence-electron chi connectivity index (χ2n) is 7.93. The highest BCUT2D eigenvalue weighted by Gasteiger charge is 2.43. The number of rotatable bonds is 5. The highest BCUT2D eigenvalue weighted by Crippen LogP contribution is 2.47. The Labute approximate surface area is 134 Å². The number of carbonyl (C=O) groups excluding carboxylic acids is 2. The van der Waals surface area contributed by atoms with Gasteiger partial charge in [-0.15, -0.1) is 0 Å². The molecular weight excluding hydrogens is 280 g/mol. The fourth-order valence-electron chi connectivity index (χ4n) is 3.15. The Morgan fingerprint density at radius 2 is 1.73 bits per heavy atom. The molecule has 5 heteroatoms. The fraction of sp³-hybridized carbons (Fsp3) is 0.882. The predicted octanol–water partition coefficient (Wildman–Crippen LogP) is 3.02. The number of ketones is 1. The van der Waals surface area contributed by atoms with Crippen LogP contribution in [-0.4, -0.2) is 30.6 Å². The van der Waals surface area contributed by atoms with Crippen molar-refractivity contribution < 1.29 is 14.3 Å². The minimum atomic E-state index is -0.484. The van der Waals surface area contributed by atoms with Crippen molar-refractivity contribution in [3.63, 3.8) is 0 Å². The lowest BCUT2D eigenvalue weighted by Crippen LogP contribution is -2.45. The summed E-state index contributed by atoms with van der Waals surface area (Å²) >= 11 is 0. The number of hydrogen-bond acceptors (Lipinski definition) is 4. The second kappa shape index (κ2) is 6.99. The number of Topliss-reactive ketones (excluding diaryl/α,β-unsaturated/α-hetero) is 1. The number of carbonyl (C=O) groups is 2. The standard InChI is InChI=1S/C17H32N2O3/c1-6-17(13(20)11-18)9-7-16(5,8-10-17)12-19-14(21)22-15(2,3)4/h6-12,18H2,1-5H3,(H,19,21). The third-order valence-corrected chi connectivity index (χ3v) is 4.93. The molecule has 0 saturated heterocycles. The van der Waals surface area contributed by atoms with Gasteiger partial charge in [0, 0.05) is 12.0 Å². The molecule has 3 N–H and O–H groups in total. The van der Waals surface area contributed by atoms with Gasteiger partial charge in [0.15, 0.2) is 5.78 Å². The molecule has 0 radical (unpaired) electrons. The molecule has 0 heterocycles. The largest absolute Gasteiger partial charge is 0.444 e. The average Bonchev–Trinajstić information content (AvgIpc) is 2.44. The van der Waals surface area contributed by atoms with Crippen LogP contribution in [0.15, 0.2) is 0 Å². The SMILES string of the molecule is CCC1(C(=O)CN)CCC(C)(CNC(=O)OC(C)(C)C)CC1. The summed E-state index contributed by atoms with van der Waals surface area (Å²) in [5, 5.41) is 2.87. The van der Waals surface area contributed by atoms with Crippen LogP contribution in [0, 0.1) is 10.8 Å². The zero-order chi connectivity index (χ0) is 17.0. The van der Waals surface area contributed by atoms with Crippen LogP contribution in [0.2, 0.25) is 0 Å². The molecule has 1 saturated carbocycles. The molecule has 0 aromatic heterocycles. The molecule has 0 spiro atoms. The van der Waals surface area contributed by atoms with Crippen molar-refractivity contribution in [1.82, 2.24) is 5.32 Å².